The zero-order chi connectivity index (χ0) is 21.9. The van der Waals surface area contributed by atoms with Gasteiger partial charge in [-0.3, -0.25) is 9.69 Å². The summed E-state index contributed by atoms with van der Waals surface area (Å²) < 4.78 is 7.68. The Morgan fingerprint density at radius 2 is 2.00 bits per heavy atom. The zero-order valence-electron chi connectivity index (χ0n) is 18.8. The summed E-state index contributed by atoms with van der Waals surface area (Å²) >= 11 is 0. The Hall–Kier alpha value is -2.58. The molecule has 0 unspecified atom stereocenters. The number of ether oxygens (including phenoxy) is 1. The molecule has 170 valence electrons. The Labute approximate surface area is 188 Å². The molecule has 1 N–H and O–H groups in total. The second-order valence-electron chi connectivity index (χ2n) is 9.32. The molecule has 32 heavy (non-hydrogen) atoms. The molecule has 8 heteroatoms. The molecular weight excluding hydrogens is 404 g/mol. The van der Waals surface area contributed by atoms with Crippen LogP contribution in [0.15, 0.2) is 29.1 Å². The van der Waals surface area contributed by atoms with Crippen LogP contribution in [-0.4, -0.2) is 48.8 Å². The number of benzene rings is 1. The molecule has 3 heterocycles. The van der Waals surface area contributed by atoms with Crippen LogP contribution in [-0.2, 0) is 24.4 Å². The van der Waals surface area contributed by atoms with Crippen molar-refractivity contribution in [3.8, 4) is 0 Å². The number of aromatic nitrogens is 5. The van der Waals surface area contributed by atoms with E-state index in [1.54, 1.807) is 0 Å². The van der Waals surface area contributed by atoms with E-state index in [4.69, 9.17) is 4.74 Å². The third kappa shape index (κ3) is 4.76. The number of nitrogens with one attached hydrogen (secondary N) is 1. The van der Waals surface area contributed by atoms with Crippen LogP contribution in [0.3, 0.4) is 0 Å². The van der Waals surface area contributed by atoms with Gasteiger partial charge in [0.05, 0.1) is 19.2 Å². The van der Waals surface area contributed by atoms with Crippen LogP contribution >= 0.6 is 0 Å². The molecule has 2 fully saturated rings. The van der Waals surface area contributed by atoms with Gasteiger partial charge in [0.1, 0.15) is 0 Å². The molecule has 1 aliphatic heterocycles. The summed E-state index contributed by atoms with van der Waals surface area (Å²) in [5.74, 6) is 0.846. The third-order valence-electron chi connectivity index (χ3n) is 6.89. The number of rotatable bonds is 7. The number of pyridine rings is 1. The summed E-state index contributed by atoms with van der Waals surface area (Å²) in [5.41, 5.74) is 2.82. The molecule has 1 atom stereocenters. The van der Waals surface area contributed by atoms with E-state index in [2.05, 4.69) is 37.5 Å². The van der Waals surface area contributed by atoms with Gasteiger partial charge in [0.2, 0.25) is 0 Å². The first-order valence-electron chi connectivity index (χ1n) is 11.9. The van der Waals surface area contributed by atoms with Crippen molar-refractivity contribution in [1.29, 1.82) is 0 Å². The molecule has 3 aromatic rings. The number of aromatic amines is 1. The number of aryl methyl sites for hydroxylation is 1. The lowest BCUT2D eigenvalue weighted by atomic mass is 9.93. The molecule has 0 spiro atoms. The van der Waals surface area contributed by atoms with Gasteiger partial charge in [0, 0.05) is 30.3 Å². The van der Waals surface area contributed by atoms with E-state index in [-0.39, 0.29) is 11.7 Å². The summed E-state index contributed by atoms with van der Waals surface area (Å²) in [5, 5.41) is 13.6. The highest BCUT2D eigenvalue weighted by atomic mass is 16.5. The van der Waals surface area contributed by atoms with Crippen molar-refractivity contribution < 1.29 is 4.74 Å². The lowest BCUT2D eigenvalue weighted by Gasteiger charge is -2.34. The van der Waals surface area contributed by atoms with E-state index >= 15 is 0 Å². The fraction of sp³-hybridized carbons (Fsp3) is 0.583. The summed E-state index contributed by atoms with van der Waals surface area (Å²) in [7, 11) is 0. The maximum atomic E-state index is 12.9. The maximum Gasteiger partial charge on any atom is 0.252 e. The summed E-state index contributed by atoms with van der Waals surface area (Å²) in [4.78, 5) is 18.4. The standard InChI is InChI=1S/C24H32N6O2/c1-17-9-10-18-13-19(24(31)25-22(18)12-17)14-29(20-6-3-2-4-7-20)16-23-26-27-28-30(23)15-21-8-5-11-32-21/h9-10,12-13,20-21H,2-8,11,14-16H2,1H3,(H,25,31)/t21-/m0/s1. The molecule has 0 bridgehead atoms. The third-order valence-corrected chi connectivity index (χ3v) is 6.89. The number of nitrogens with zero attached hydrogens (tertiary/aromatic N) is 5. The first kappa shape index (κ1) is 21.3. The highest BCUT2D eigenvalue weighted by Crippen LogP contribution is 2.26. The maximum absolute atomic E-state index is 12.9. The minimum absolute atomic E-state index is 0.0112. The highest BCUT2D eigenvalue weighted by Gasteiger charge is 2.25. The van der Waals surface area contributed by atoms with Gasteiger partial charge in [-0.1, -0.05) is 31.4 Å². The molecule has 0 amide bonds. The van der Waals surface area contributed by atoms with Crippen molar-refractivity contribution in [3.05, 3.63) is 51.6 Å². The zero-order valence-corrected chi connectivity index (χ0v) is 18.8. The van der Waals surface area contributed by atoms with E-state index in [9.17, 15) is 4.79 Å². The molecular formula is C24H32N6O2. The monoisotopic (exact) mass is 436 g/mol. The quantitative estimate of drug-likeness (QED) is 0.611. The van der Waals surface area contributed by atoms with Crippen LogP contribution in [0.2, 0.25) is 0 Å². The van der Waals surface area contributed by atoms with Crippen LogP contribution < -0.4 is 5.56 Å². The second-order valence-corrected chi connectivity index (χ2v) is 9.32. The van der Waals surface area contributed by atoms with Crippen molar-refractivity contribution in [2.45, 2.75) is 83.6 Å². The van der Waals surface area contributed by atoms with Gasteiger partial charge in [-0.25, -0.2) is 4.68 Å². The minimum atomic E-state index is -0.0112. The molecule has 8 nitrogen and oxygen atoms in total. The topological polar surface area (TPSA) is 88.9 Å². The van der Waals surface area contributed by atoms with Gasteiger partial charge in [-0.15, -0.1) is 5.10 Å². The Bertz CT molecular complexity index is 1110. The van der Waals surface area contributed by atoms with E-state index < -0.39 is 0 Å². The van der Waals surface area contributed by atoms with Gasteiger partial charge in [-0.2, -0.15) is 0 Å². The summed E-state index contributed by atoms with van der Waals surface area (Å²) in [6, 6.07) is 8.67. The van der Waals surface area contributed by atoms with Crippen LogP contribution in [0.4, 0.5) is 0 Å². The molecule has 1 aliphatic carbocycles. The van der Waals surface area contributed by atoms with Crippen molar-refractivity contribution in [2.75, 3.05) is 6.61 Å². The Balaban J connectivity index is 1.40. The van der Waals surface area contributed by atoms with Gasteiger partial charge < -0.3 is 9.72 Å². The summed E-state index contributed by atoms with van der Waals surface area (Å²) in [6.07, 6.45) is 8.39. The number of tetrazole rings is 1. The Morgan fingerprint density at radius 3 is 2.81 bits per heavy atom. The van der Waals surface area contributed by atoms with Crippen LogP contribution in [0.5, 0.6) is 0 Å². The van der Waals surface area contributed by atoms with Crippen LogP contribution in [0.1, 0.15) is 61.9 Å². The Morgan fingerprint density at radius 1 is 1.12 bits per heavy atom. The molecule has 1 saturated carbocycles. The average molecular weight is 437 g/mol. The van der Waals surface area contributed by atoms with Crippen molar-refractivity contribution in [2.24, 2.45) is 0 Å². The lowest BCUT2D eigenvalue weighted by molar-refractivity contribution is 0.0893. The van der Waals surface area contributed by atoms with E-state index in [0.717, 1.165) is 60.1 Å². The van der Waals surface area contributed by atoms with Crippen molar-refractivity contribution >= 4 is 10.9 Å². The highest BCUT2D eigenvalue weighted by molar-refractivity contribution is 5.79. The van der Waals surface area contributed by atoms with Crippen molar-refractivity contribution in [1.82, 2.24) is 30.1 Å². The smallest absolute Gasteiger partial charge is 0.252 e. The Kier molecular flexibility index (Phi) is 6.32. The fourth-order valence-electron chi connectivity index (χ4n) is 5.10. The van der Waals surface area contributed by atoms with E-state index in [1.165, 1.54) is 19.3 Å². The second kappa shape index (κ2) is 9.50. The molecule has 5 rings (SSSR count). The predicted octanol–water partition coefficient (Wildman–Crippen LogP) is 3.34. The minimum Gasteiger partial charge on any atom is -0.376 e. The van der Waals surface area contributed by atoms with Gasteiger partial charge in [0.15, 0.2) is 5.82 Å². The van der Waals surface area contributed by atoms with E-state index in [1.807, 2.05) is 23.7 Å². The summed E-state index contributed by atoms with van der Waals surface area (Å²) in [6.45, 7) is 4.78. The lowest BCUT2D eigenvalue weighted by Crippen LogP contribution is -2.38. The largest absolute Gasteiger partial charge is 0.376 e. The fourth-order valence-corrected chi connectivity index (χ4v) is 5.10. The van der Waals surface area contributed by atoms with Gasteiger partial charge in [0.25, 0.3) is 5.56 Å². The number of hydrogen-bond acceptors (Lipinski definition) is 6. The molecule has 0 radical (unpaired) electrons. The predicted molar refractivity (Wildman–Crippen MR) is 122 cm³/mol. The molecule has 1 aromatic carbocycles. The first-order chi connectivity index (χ1) is 15.7. The molecule has 2 aliphatic rings. The molecule has 1 saturated heterocycles. The van der Waals surface area contributed by atoms with Crippen molar-refractivity contribution in [3.63, 3.8) is 0 Å². The van der Waals surface area contributed by atoms with Crippen LogP contribution in [0, 0.1) is 6.92 Å². The van der Waals surface area contributed by atoms with Gasteiger partial charge >= 0.3 is 0 Å². The molecule has 2 aromatic heterocycles. The normalized spacial score (nSPS) is 19.9. The average Bonchev–Trinajstić information content (AvgIpc) is 3.47. The number of hydrogen-bond donors (Lipinski definition) is 1. The number of fused-ring (bicyclic) bond motifs is 1. The van der Waals surface area contributed by atoms with Crippen LogP contribution in [0.25, 0.3) is 10.9 Å². The SMILES string of the molecule is Cc1ccc2cc(CN(Cc3nnnn3C[C@@H]3CCCO3)C3CCCCC3)c(=O)[nH]c2c1. The first-order valence-corrected chi connectivity index (χ1v) is 11.9. The number of H-pyrrole nitrogens is 1. The van der Waals surface area contributed by atoms with Gasteiger partial charge in [-0.05, 0) is 66.1 Å². The van der Waals surface area contributed by atoms with E-state index in [0.29, 0.717) is 25.7 Å².